The first kappa shape index (κ1) is 13.6. The van der Waals surface area contributed by atoms with Gasteiger partial charge in [-0.2, -0.15) is 4.98 Å². The molecule has 0 bridgehead atoms. The van der Waals surface area contributed by atoms with Crippen molar-refractivity contribution in [3.63, 3.8) is 0 Å². The van der Waals surface area contributed by atoms with E-state index in [1.165, 1.54) is 4.57 Å². The number of hydrogen-bond donors (Lipinski definition) is 2. The number of benzene rings is 2. The number of nitrogens with two attached hydrogens (primary N) is 1. The van der Waals surface area contributed by atoms with Crippen LogP contribution in [0, 0.1) is 0 Å². The van der Waals surface area contributed by atoms with Crippen LogP contribution in [0.15, 0.2) is 47.3 Å². The Labute approximate surface area is 125 Å². The predicted molar refractivity (Wildman–Crippen MR) is 82.7 cm³/mol. The fraction of sp³-hybridized carbons (Fsp3) is 0.0667. The summed E-state index contributed by atoms with van der Waals surface area (Å²) in [7, 11) is 0. The molecule has 0 fully saturated rings. The molecule has 0 spiro atoms. The summed E-state index contributed by atoms with van der Waals surface area (Å²) in [5.41, 5.74) is 7.20. The Hall–Kier alpha value is -2.37. The molecule has 0 aliphatic carbocycles. The summed E-state index contributed by atoms with van der Waals surface area (Å²) in [4.78, 5) is 16.1. The molecule has 3 aromatic rings. The van der Waals surface area contributed by atoms with Gasteiger partial charge in [-0.25, -0.2) is 4.79 Å². The monoisotopic (exact) mass is 301 g/mol. The van der Waals surface area contributed by atoms with Crippen LogP contribution in [0.2, 0.25) is 5.02 Å². The highest BCUT2D eigenvalue weighted by Gasteiger charge is 2.11. The van der Waals surface area contributed by atoms with E-state index in [9.17, 15) is 9.90 Å². The van der Waals surface area contributed by atoms with E-state index in [2.05, 4.69) is 4.98 Å². The highest BCUT2D eigenvalue weighted by molar-refractivity contribution is 6.31. The van der Waals surface area contributed by atoms with Crippen molar-refractivity contribution in [3.05, 3.63) is 63.5 Å². The lowest BCUT2D eigenvalue weighted by atomic mass is 10.2. The van der Waals surface area contributed by atoms with E-state index >= 15 is 0 Å². The molecule has 0 aliphatic rings. The van der Waals surface area contributed by atoms with E-state index in [1.54, 1.807) is 42.5 Å². The van der Waals surface area contributed by atoms with Crippen molar-refractivity contribution >= 4 is 28.3 Å². The van der Waals surface area contributed by atoms with E-state index in [-0.39, 0.29) is 12.4 Å². The van der Waals surface area contributed by atoms with Crippen LogP contribution in [0.25, 0.3) is 16.6 Å². The molecule has 0 unspecified atom stereocenters. The Morgan fingerprint density at radius 3 is 2.81 bits per heavy atom. The Morgan fingerprint density at radius 1 is 1.24 bits per heavy atom. The van der Waals surface area contributed by atoms with E-state index in [0.717, 1.165) is 0 Å². The molecule has 2 aromatic carbocycles. The number of hydrogen-bond acceptors (Lipinski definition) is 4. The van der Waals surface area contributed by atoms with Crippen LogP contribution in [-0.2, 0) is 6.61 Å². The lowest BCUT2D eigenvalue weighted by Gasteiger charge is -2.12. The van der Waals surface area contributed by atoms with Crippen molar-refractivity contribution in [2.24, 2.45) is 0 Å². The van der Waals surface area contributed by atoms with Crippen LogP contribution in [0.3, 0.4) is 0 Å². The number of nitrogen functional groups attached to an aromatic ring is 1. The summed E-state index contributed by atoms with van der Waals surface area (Å²) in [5, 5.41) is 10.4. The van der Waals surface area contributed by atoms with Crippen molar-refractivity contribution < 1.29 is 5.11 Å². The Balaban J connectivity index is 2.40. The molecule has 21 heavy (non-hydrogen) atoms. The second-order valence-corrected chi connectivity index (χ2v) is 5.04. The van der Waals surface area contributed by atoms with Gasteiger partial charge in [0.05, 0.1) is 17.8 Å². The molecular weight excluding hydrogens is 290 g/mol. The van der Waals surface area contributed by atoms with Gasteiger partial charge in [0.25, 0.3) is 0 Å². The molecule has 0 radical (unpaired) electrons. The van der Waals surface area contributed by atoms with E-state index in [1.807, 2.05) is 0 Å². The zero-order valence-corrected chi connectivity index (χ0v) is 11.7. The normalized spacial score (nSPS) is 11.0. The van der Waals surface area contributed by atoms with Crippen molar-refractivity contribution in [2.45, 2.75) is 6.61 Å². The van der Waals surface area contributed by atoms with Gasteiger partial charge in [-0.1, -0.05) is 23.7 Å². The Morgan fingerprint density at radius 2 is 2.05 bits per heavy atom. The summed E-state index contributed by atoms with van der Waals surface area (Å²) in [6.45, 7) is -0.107. The van der Waals surface area contributed by atoms with Crippen LogP contribution in [-0.4, -0.2) is 14.7 Å². The average molecular weight is 302 g/mol. The Kier molecular flexibility index (Phi) is 3.37. The van der Waals surface area contributed by atoms with Gasteiger partial charge >= 0.3 is 5.69 Å². The molecule has 1 aromatic heterocycles. The molecule has 0 saturated carbocycles. The topological polar surface area (TPSA) is 81.1 Å². The lowest BCUT2D eigenvalue weighted by Crippen LogP contribution is -2.23. The number of anilines is 1. The lowest BCUT2D eigenvalue weighted by molar-refractivity contribution is 0.282. The molecule has 3 N–H and O–H groups in total. The summed E-state index contributed by atoms with van der Waals surface area (Å²) in [6.07, 6.45) is 0. The first-order valence-corrected chi connectivity index (χ1v) is 6.66. The number of halogens is 1. The van der Waals surface area contributed by atoms with E-state index < -0.39 is 5.69 Å². The summed E-state index contributed by atoms with van der Waals surface area (Å²) < 4.78 is 1.43. The smallest absolute Gasteiger partial charge is 0.354 e. The highest BCUT2D eigenvalue weighted by atomic mass is 35.5. The van der Waals surface area contributed by atoms with Gasteiger partial charge in [0.15, 0.2) is 0 Å². The zero-order chi connectivity index (χ0) is 15.0. The minimum atomic E-state index is -0.489. The first-order valence-electron chi connectivity index (χ1n) is 6.28. The number of nitrogens with zero attached hydrogens (tertiary/aromatic N) is 2. The molecule has 106 valence electrons. The molecule has 0 saturated heterocycles. The van der Waals surface area contributed by atoms with Gasteiger partial charge in [0.2, 0.25) is 0 Å². The minimum absolute atomic E-state index is 0.107. The Bertz CT molecular complexity index is 890. The highest BCUT2D eigenvalue weighted by Crippen LogP contribution is 2.24. The van der Waals surface area contributed by atoms with Gasteiger partial charge < -0.3 is 10.8 Å². The SMILES string of the molecule is Nc1nc(=O)n(-c2cccc(CO)c2)c2cc(Cl)ccc12. The van der Waals surface area contributed by atoms with Crippen LogP contribution in [0.5, 0.6) is 0 Å². The van der Waals surface area contributed by atoms with E-state index in [4.69, 9.17) is 17.3 Å². The van der Waals surface area contributed by atoms with Crippen LogP contribution < -0.4 is 11.4 Å². The van der Waals surface area contributed by atoms with Crippen LogP contribution >= 0.6 is 11.6 Å². The first-order chi connectivity index (χ1) is 10.1. The molecule has 1 heterocycles. The van der Waals surface area contributed by atoms with Crippen LogP contribution in [0.1, 0.15) is 5.56 Å². The molecule has 0 amide bonds. The average Bonchev–Trinajstić information content (AvgIpc) is 2.47. The van der Waals surface area contributed by atoms with Gasteiger partial charge in [-0.15, -0.1) is 0 Å². The third kappa shape index (κ3) is 2.37. The van der Waals surface area contributed by atoms with Gasteiger partial charge in [-0.3, -0.25) is 4.57 Å². The second-order valence-electron chi connectivity index (χ2n) is 4.60. The molecule has 0 atom stereocenters. The fourth-order valence-corrected chi connectivity index (χ4v) is 2.43. The number of aromatic nitrogens is 2. The molecule has 3 rings (SSSR count). The van der Waals surface area contributed by atoms with Gasteiger partial charge in [0.1, 0.15) is 5.82 Å². The summed E-state index contributed by atoms with van der Waals surface area (Å²) in [6, 6.07) is 12.1. The third-order valence-corrected chi connectivity index (χ3v) is 3.47. The quantitative estimate of drug-likeness (QED) is 0.759. The van der Waals surface area contributed by atoms with Gasteiger partial charge in [-0.05, 0) is 35.9 Å². The number of aliphatic hydroxyl groups is 1. The van der Waals surface area contributed by atoms with Gasteiger partial charge in [0, 0.05) is 10.4 Å². The maximum absolute atomic E-state index is 12.2. The third-order valence-electron chi connectivity index (χ3n) is 3.24. The van der Waals surface area contributed by atoms with Crippen LogP contribution in [0.4, 0.5) is 5.82 Å². The zero-order valence-electron chi connectivity index (χ0n) is 11.0. The minimum Gasteiger partial charge on any atom is -0.392 e. The maximum Gasteiger partial charge on any atom is 0.354 e. The second kappa shape index (κ2) is 5.20. The largest absolute Gasteiger partial charge is 0.392 e. The van der Waals surface area contributed by atoms with Crippen molar-refractivity contribution in [1.29, 1.82) is 0 Å². The fourth-order valence-electron chi connectivity index (χ4n) is 2.27. The number of rotatable bonds is 2. The van der Waals surface area contributed by atoms with Crippen molar-refractivity contribution in [1.82, 2.24) is 9.55 Å². The standard InChI is InChI=1S/C15H12ClN3O2/c16-10-4-5-12-13(7-10)19(15(21)18-14(12)17)11-3-1-2-9(6-11)8-20/h1-7,20H,8H2,(H2,17,18,21). The summed E-state index contributed by atoms with van der Waals surface area (Å²) in [5.74, 6) is 0.168. The molecule has 6 heteroatoms. The predicted octanol–water partition coefficient (Wildman–Crippen LogP) is 2.11. The maximum atomic E-state index is 12.2. The molecule has 5 nitrogen and oxygen atoms in total. The van der Waals surface area contributed by atoms with Crippen molar-refractivity contribution in [3.8, 4) is 5.69 Å². The number of aliphatic hydroxyl groups excluding tert-OH is 1. The van der Waals surface area contributed by atoms with E-state index in [0.29, 0.717) is 27.2 Å². The molecule has 0 aliphatic heterocycles. The van der Waals surface area contributed by atoms with Crippen molar-refractivity contribution in [2.75, 3.05) is 5.73 Å². The number of fused-ring (bicyclic) bond motifs is 1. The summed E-state index contributed by atoms with van der Waals surface area (Å²) >= 11 is 6.02. The molecular formula is C15H12ClN3O2.